The summed E-state index contributed by atoms with van der Waals surface area (Å²) in [5.74, 6) is -0.367. The number of ether oxygens (including phenoxy) is 2. The van der Waals surface area contributed by atoms with Crippen LogP contribution in [-0.2, 0) is 20.9 Å². The number of methoxy groups -OCH3 is 1. The number of carbonyl (C=O) groups excluding carboxylic acids is 1. The second-order valence-corrected chi connectivity index (χ2v) is 3.71. The second-order valence-electron chi connectivity index (χ2n) is 3.71. The number of hydrogen-bond acceptors (Lipinski definition) is 4. The van der Waals surface area contributed by atoms with Crippen LogP contribution >= 0.6 is 0 Å². The van der Waals surface area contributed by atoms with Gasteiger partial charge in [-0.05, 0) is 23.8 Å². The van der Waals surface area contributed by atoms with E-state index in [0.717, 1.165) is 11.3 Å². The van der Waals surface area contributed by atoms with Crippen LogP contribution in [0.4, 0.5) is 0 Å². The molecule has 1 aromatic carbocycles. The first-order valence-corrected chi connectivity index (χ1v) is 5.53. The van der Waals surface area contributed by atoms with E-state index in [9.17, 15) is 4.79 Å². The van der Waals surface area contributed by atoms with Gasteiger partial charge in [0.05, 0.1) is 5.69 Å². The Hall–Kier alpha value is -2.14. The molecule has 0 aliphatic heterocycles. The van der Waals surface area contributed by atoms with Crippen LogP contribution in [0.1, 0.15) is 5.56 Å². The van der Waals surface area contributed by atoms with Gasteiger partial charge < -0.3 is 9.47 Å². The lowest BCUT2D eigenvalue weighted by atomic mass is 10.2. The van der Waals surface area contributed by atoms with Crippen molar-refractivity contribution in [3.8, 4) is 5.69 Å². The molecule has 0 bridgehead atoms. The molecule has 94 valence electrons. The Morgan fingerprint density at radius 1 is 1.33 bits per heavy atom. The van der Waals surface area contributed by atoms with Crippen LogP contribution in [0, 0.1) is 0 Å². The van der Waals surface area contributed by atoms with Crippen molar-refractivity contribution in [3.63, 3.8) is 0 Å². The summed E-state index contributed by atoms with van der Waals surface area (Å²) in [5.41, 5.74) is 1.89. The molecule has 18 heavy (non-hydrogen) atoms. The van der Waals surface area contributed by atoms with Crippen molar-refractivity contribution in [1.82, 2.24) is 9.78 Å². The van der Waals surface area contributed by atoms with E-state index < -0.39 is 0 Å². The maximum Gasteiger partial charge on any atom is 0.332 e. The zero-order valence-corrected chi connectivity index (χ0v) is 10.1. The number of benzene rings is 1. The lowest BCUT2D eigenvalue weighted by Gasteiger charge is -2.05. The minimum atomic E-state index is -0.367. The smallest absolute Gasteiger partial charge is 0.332 e. The highest BCUT2D eigenvalue weighted by molar-refractivity contribution is 5.70. The van der Waals surface area contributed by atoms with Crippen LogP contribution in [0.5, 0.6) is 0 Å². The highest BCUT2D eigenvalue weighted by Gasteiger charge is 2.02. The Kier molecular flexibility index (Phi) is 4.09. The Balaban J connectivity index is 1.94. The molecule has 0 saturated heterocycles. The quantitative estimate of drug-likeness (QED) is 0.751. The van der Waals surface area contributed by atoms with Gasteiger partial charge in [-0.3, -0.25) is 0 Å². The molecule has 5 nitrogen and oxygen atoms in total. The van der Waals surface area contributed by atoms with Crippen molar-refractivity contribution >= 4 is 5.97 Å². The Bertz CT molecular complexity index is 491. The zero-order valence-electron chi connectivity index (χ0n) is 10.1. The van der Waals surface area contributed by atoms with Gasteiger partial charge in [0.25, 0.3) is 0 Å². The van der Waals surface area contributed by atoms with Gasteiger partial charge in [-0.15, -0.1) is 0 Å². The van der Waals surface area contributed by atoms with E-state index >= 15 is 0 Å². The first-order valence-electron chi connectivity index (χ1n) is 5.53. The standard InChI is InChI=1S/C13H14N2O3/c1-17-10-13(16)18-9-11-3-5-12(6-4-11)15-8-2-7-14-15/h2-8H,9-10H2,1H3. The zero-order chi connectivity index (χ0) is 12.8. The highest BCUT2D eigenvalue weighted by atomic mass is 16.6. The third-order valence-electron chi connectivity index (χ3n) is 2.37. The van der Waals surface area contributed by atoms with Gasteiger partial charge >= 0.3 is 5.97 Å². The van der Waals surface area contributed by atoms with Gasteiger partial charge in [0.15, 0.2) is 0 Å². The first-order chi connectivity index (χ1) is 8.79. The van der Waals surface area contributed by atoms with Gasteiger partial charge in [0.2, 0.25) is 0 Å². The third kappa shape index (κ3) is 3.18. The molecule has 2 rings (SSSR count). The van der Waals surface area contributed by atoms with Gasteiger partial charge in [-0.25, -0.2) is 9.48 Å². The molecule has 0 radical (unpaired) electrons. The topological polar surface area (TPSA) is 53.4 Å². The van der Waals surface area contributed by atoms with Gasteiger partial charge in [-0.2, -0.15) is 5.10 Å². The van der Waals surface area contributed by atoms with Crippen molar-refractivity contribution in [3.05, 3.63) is 48.3 Å². The summed E-state index contributed by atoms with van der Waals surface area (Å²) in [5, 5.41) is 4.13. The van der Waals surface area contributed by atoms with Gasteiger partial charge in [0.1, 0.15) is 13.2 Å². The molecule has 0 fully saturated rings. The molecular formula is C13H14N2O3. The number of rotatable bonds is 5. The number of hydrogen-bond donors (Lipinski definition) is 0. The summed E-state index contributed by atoms with van der Waals surface area (Å²) in [6.45, 7) is 0.229. The number of carbonyl (C=O) groups is 1. The van der Waals surface area contributed by atoms with Crippen molar-refractivity contribution in [2.75, 3.05) is 13.7 Å². The Morgan fingerprint density at radius 3 is 2.72 bits per heavy atom. The summed E-state index contributed by atoms with van der Waals surface area (Å²) in [7, 11) is 1.46. The molecular weight excluding hydrogens is 232 g/mol. The number of esters is 1. The van der Waals surface area contributed by atoms with Gasteiger partial charge in [0, 0.05) is 19.5 Å². The van der Waals surface area contributed by atoms with E-state index in [1.807, 2.05) is 36.5 Å². The molecule has 0 atom stereocenters. The van der Waals surface area contributed by atoms with E-state index in [1.165, 1.54) is 7.11 Å². The minimum absolute atomic E-state index is 0.0224. The summed E-state index contributed by atoms with van der Waals surface area (Å²) >= 11 is 0. The number of aromatic nitrogens is 2. The largest absolute Gasteiger partial charge is 0.459 e. The normalized spacial score (nSPS) is 10.3. The molecule has 1 aromatic heterocycles. The molecule has 0 aliphatic carbocycles. The maximum atomic E-state index is 11.1. The second kappa shape index (κ2) is 5.97. The SMILES string of the molecule is COCC(=O)OCc1ccc(-n2cccn2)cc1. The molecule has 0 saturated carbocycles. The maximum absolute atomic E-state index is 11.1. The van der Waals surface area contributed by atoms with Crippen molar-refractivity contribution in [1.29, 1.82) is 0 Å². The minimum Gasteiger partial charge on any atom is -0.459 e. The van der Waals surface area contributed by atoms with E-state index in [1.54, 1.807) is 10.9 Å². The highest BCUT2D eigenvalue weighted by Crippen LogP contribution is 2.09. The summed E-state index contributed by atoms with van der Waals surface area (Å²) < 4.78 is 11.5. The average molecular weight is 246 g/mol. The first kappa shape index (κ1) is 12.3. The molecule has 0 aliphatic rings. The molecule has 0 unspecified atom stereocenters. The van der Waals surface area contributed by atoms with Crippen LogP contribution in [0.25, 0.3) is 5.69 Å². The van der Waals surface area contributed by atoms with Crippen molar-refractivity contribution in [2.24, 2.45) is 0 Å². The van der Waals surface area contributed by atoms with Crippen LogP contribution in [0.15, 0.2) is 42.7 Å². The lowest BCUT2D eigenvalue weighted by Crippen LogP contribution is -2.10. The number of nitrogens with zero attached hydrogens (tertiary/aromatic N) is 2. The Morgan fingerprint density at radius 2 is 2.11 bits per heavy atom. The van der Waals surface area contributed by atoms with Crippen molar-refractivity contribution in [2.45, 2.75) is 6.61 Å². The van der Waals surface area contributed by atoms with E-state index in [-0.39, 0.29) is 19.2 Å². The fourth-order valence-electron chi connectivity index (χ4n) is 1.49. The van der Waals surface area contributed by atoms with E-state index in [4.69, 9.17) is 4.74 Å². The Labute approximate surface area is 105 Å². The third-order valence-corrected chi connectivity index (χ3v) is 2.37. The van der Waals surface area contributed by atoms with E-state index in [2.05, 4.69) is 9.84 Å². The van der Waals surface area contributed by atoms with Crippen molar-refractivity contribution < 1.29 is 14.3 Å². The monoisotopic (exact) mass is 246 g/mol. The molecule has 0 amide bonds. The molecule has 1 heterocycles. The average Bonchev–Trinajstić information content (AvgIpc) is 2.91. The van der Waals surface area contributed by atoms with Gasteiger partial charge in [-0.1, -0.05) is 12.1 Å². The lowest BCUT2D eigenvalue weighted by molar-refractivity contribution is -0.149. The van der Waals surface area contributed by atoms with Crippen LogP contribution in [-0.4, -0.2) is 29.5 Å². The molecule has 5 heteroatoms. The molecule has 2 aromatic rings. The predicted octanol–water partition coefficient (Wildman–Crippen LogP) is 1.56. The fourth-order valence-corrected chi connectivity index (χ4v) is 1.49. The summed E-state index contributed by atoms with van der Waals surface area (Å²) in [4.78, 5) is 11.1. The van der Waals surface area contributed by atoms with Crippen LogP contribution in [0.2, 0.25) is 0 Å². The predicted molar refractivity (Wildman–Crippen MR) is 65.2 cm³/mol. The van der Waals surface area contributed by atoms with Crippen LogP contribution < -0.4 is 0 Å². The molecule has 0 spiro atoms. The summed E-state index contributed by atoms with van der Waals surface area (Å²) in [6.07, 6.45) is 3.59. The van der Waals surface area contributed by atoms with Crippen LogP contribution in [0.3, 0.4) is 0 Å². The fraction of sp³-hybridized carbons (Fsp3) is 0.231. The van der Waals surface area contributed by atoms with E-state index in [0.29, 0.717) is 0 Å². The summed E-state index contributed by atoms with van der Waals surface area (Å²) in [6, 6.07) is 9.51. The molecule has 0 N–H and O–H groups in total.